The van der Waals surface area contributed by atoms with Crippen molar-refractivity contribution in [1.29, 1.82) is 0 Å². The van der Waals surface area contributed by atoms with E-state index in [9.17, 15) is 0 Å². The Balaban J connectivity index is 0.870. The monoisotopic (exact) mass is 921 g/mol. The molecule has 72 heavy (non-hydrogen) atoms. The van der Waals surface area contributed by atoms with Gasteiger partial charge in [-0.25, -0.2) is 0 Å². The van der Waals surface area contributed by atoms with Crippen molar-refractivity contribution in [2.24, 2.45) is 0 Å². The molecule has 12 aromatic rings. The molecule has 2 aromatic heterocycles. The molecule has 0 aliphatic heterocycles. The van der Waals surface area contributed by atoms with Crippen molar-refractivity contribution < 1.29 is 4.42 Å². The van der Waals surface area contributed by atoms with Crippen LogP contribution in [0.25, 0.3) is 123 Å². The van der Waals surface area contributed by atoms with Crippen molar-refractivity contribution >= 4 is 27.4 Å². The summed E-state index contributed by atoms with van der Waals surface area (Å²) in [4.78, 5) is 0. The molecule has 1 aliphatic rings. The predicted molar refractivity (Wildman–Crippen MR) is 298 cm³/mol. The first-order valence-corrected chi connectivity index (χ1v) is 24.7. The molecular weight excluding hydrogens is 875 g/mol. The van der Waals surface area contributed by atoms with Crippen LogP contribution in [0.5, 0.6) is 0 Å². The molecule has 0 saturated heterocycles. The van der Waals surface area contributed by atoms with E-state index in [-0.39, 0.29) is 0 Å². The number of hydrogen-bond acceptors (Lipinski definition) is 3. The zero-order valence-corrected chi connectivity index (χ0v) is 39.5. The fourth-order valence-electron chi connectivity index (χ4n) is 10.4. The molecule has 0 spiro atoms. The maximum absolute atomic E-state index is 6.09. The van der Waals surface area contributed by atoms with Crippen molar-refractivity contribution in [3.05, 3.63) is 266 Å². The molecule has 1 aliphatic carbocycles. The molecule has 0 N–H and O–H groups in total. The second-order valence-electron chi connectivity index (χ2n) is 18.5. The molecule has 13 rings (SSSR count). The van der Waals surface area contributed by atoms with Crippen LogP contribution in [0.15, 0.2) is 265 Å². The maximum atomic E-state index is 6.09. The minimum absolute atomic E-state index is 0.495. The van der Waals surface area contributed by atoms with E-state index < -0.39 is 0 Å². The highest BCUT2D eigenvalue weighted by atomic mass is 16.4. The molecule has 0 saturated carbocycles. The number of fused-ring (bicyclic) bond motifs is 3. The lowest BCUT2D eigenvalue weighted by Gasteiger charge is -2.16. The van der Waals surface area contributed by atoms with Gasteiger partial charge in [0.1, 0.15) is 0 Å². The summed E-state index contributed by atoms with van der Waals surface area (Å²) in [7, 11) is 0. The number of rotatable bonds is 10. The Kier molecular flexibility index (Phi) is 11.0. The van der Waals surface area contributed by atoms with Crippen molar-refractivity contribution in [2.45, 2.75) is 12.8 Å². The van der Waals surface area contributed by atoms with Crippen molar-refractivity contribution in [3.8, 4) is 95.4 Å². The summed E-state index contributed by atoms with van der Waals surface area (Å²) in [6.45, 7) is 0. The molecule has 0 fully saturated rings. The Morgan fingerprint density at radius 2 is 0.736 bits per heavy atom. The molecule has 2 heterocycles. The number of nitrogens with zero attached hydrogens (tertiary/aromatic N) is 3. The van der Waals surface area contributed by atoms with E-state index in [1.165, 1.54) is 77.5 Å². The summed E-state index contributed by atoms with van der Waals surface area (Å²) in [5, 5.41) is 11.1. The molecule has 0 radical (unpaired) electrons. The van der Waals surface area contributed by atoms with Crippen molar-refractivity contribution in [1.82, 2.24) is 14.8 Å². The highest BCUT2D eigenvalue weighted by molar-refractivity contribution is 6.12. The van der Waals surface area contributed by atoms with Crippen LogP contribution < -0.4 is 0 Å². The van der Waals surface area contributed by atoms with Crippen LogP contribution in [-0.4, -0.2) is 14.8 Å². The lowest BCUT2D eigenvalue weighted by Crippen LogP contribution is -1.94. The zero-order chi connectivity index (χ0) is 47.8. The first-order valence-electron chi connectivity index (χ1n) is 24.7. The Morgan fingerprint density at radius 1 is 0.319 bits per heavy atom. The van der Waals surface area contributed by atoms with Crippen LogP contribution in [0, 0.1) is 0 Å². The third-order valence-corrected chi connectivity index (χ3v) is 14.1. The van der Waals surface area contributed by atoms with Gasteiger partial charge >= 0.3 is 0 Å². The van der Waals surface area contributed by atoms with Gasteiger partial charge in [0, 0.05) is 27.6 Å². The highest BCUT2D eigenvalue weighted by Crippen LogP contribution is 2.42. The predicted octanol–water partition coefficient (Wildman–Crippen LogP) is 18.2. The highest BCUT2D eigenvalue weighted by Gasteiger charge is 2.18. The number of benzene rings is 10. The molecule has 0 bridgehead atoms. The SMILES string of the molecule is C1=CC(c2cccc(-c3ccc4c(c3)c3cc(-c5cccc(-c6ccccc6)c5)ccc3n4-c3ccc(-c4ccccc4-c4ccccc4-c4ccc(-c5nnc(-c6ccccc6)o5)cc4)cc3)c2)=CCC1. The number of allylic oxidation sites excluding steroid dienone is 4. The smallest absolute Gasteiger partial charge is 0.248 e. The van der Waals surface area contributed by atoms with Crippen LogP contribution in [0.2, 0.25) is 0 Å². The minimum Gasteiger partial charge on any atom is -0.416 e. The van der Waals surface area contributed by atoms with E-state index in [2.05, 4.69) is 245 Å². The van der Waals surface area contributed by atoms with Gasteiger partial charge in [0.25, 0.3) is 0 Å². The van der Waals surface area contributed by atoms with Gasteiger partial charge in [0.05, 0.1) is 11.0 Å². The first-order chi connectivity index (χ1) is 35.7. The van der Waals surface area contributed by atoms with Gasteiger partial charge in [0.2, 0.25) is 11.8 Å². The van der Waals surface area contributed by atoms with Crippen LogP contribution >= 0.6 is 0 Å². The van der Waals surface area contributed by atoms with E-state index >= 15 is 0 Å². The van der Waals surface area contributed by atoms with Gasteiger partial charge in [-0.1, -0.05) is 188 Å². The van der Waals surface area contributed by atoms with Gasteiger partial charge in [-0.15, -0.1) is 10.2 Å². The Bertz CT molecular complexity index is 4010. The number of hydrogen-bond donors (Lipinski definition) is 0. The molecule has 340 valence electrons. The maximum Gasteiger partial charge on any atom is 0.248 e. The Labute approximate surface area is 419 Å². The summed E-state index contributed by atoms with van der Waals surface area (Å²) >= 11 is 0. The normalized spacial score (nSPS) is 12.4. The topological polar surface area (TPSA) is 43.9 Å². The second-order valence-corrected chi connectivity index (χ2v) is 18.5. The van der Waals surface area contributed by atoms with Crippen LogP contribution in [0.3, 0.4) is 0 Å². The molecule has 4 nitrogen and oxygen atoms in total. The van der Waals surface area contributed by atoms with E-state index in [1.54, 1.807) is 0 Å². The van der Waals surface area contributed by atoms with Gasteiger partial charge in [-0.05, 0) is 164 Å². The molecule has 0 atom stereocenters. The lowest BCUT2D eigenvalue weighted by molar-refractivity contribution is 0.584. The van der Waals surface area contributed by atoms with Crippen molar-refractivity contribution in [2.75, 3.05) is 0 Å². The minimum atomic E-state index is 0.495. The third kappa shape index (κ3) is 8.05. The fraction of sp³-hybridized carbons (Fsp3) is 0.0294. The number of aromatic nitrogens is 3. The van der Waals surface area contributed by atoms with Gasteiger partial charge in [-0.2, -0.15) is 0 Å². The first kappa shape index (κ1) is 42.7. The average Bonchev–Trinajstić information content (AvgIpc) is 4.10. The lowest BCUT2D eigenvalue weighted by atomic mass is 9.89. The summed E-state index contributed by atoms with van der Waals surface area (Å²) < 4.78 is 8.52. The summed E-state index contributed by atoms with van der Waals surface area (Å²) in [5.74, 6) is 1.00. The summed E-state index contributed by atoms with van der Waals surface area (Å²) in [6.07, 6.45) is 9.08. The van der Waals surface area contributed by atoms with E-state index in [0.717, 1.165) is 51.9 Å². The van der Waals surface area contributed by atoms with E-state index in [0.29, 0.717) is 11.8 Å². The zero-order valence-electron chi connectivity index (χ0n) is 39.5. The molecule has 0 unspecified atom stereocenters. The Hall–Kier alpha value is -9.38. The van der Waals surface area contributed by atoms with Crippen LogP contribution in [0.1, 0.15) is 18.4 Å². The van der Waals surface area contributed by atoms with Gasteiger partial charge < -0.3 is 8.98 Å². The third-order valence-electron chi connectivity index (χ3n) is 14.1. The van der Waals surface area contributed by atoms with Gasteiger partial charge in [0.15, 0.2) is 0 Å². The van der Waals surface area contributed by atoms with Crippen LogP contribution in [0.4, 0.5) is 0 Å². The molecule has 0 amide bonds. The Morgan fingerprint density at radius 3 is 1.29 bits per heavy atom. The van der Waals surface area contributed by atoms with E-state index in [1.807, 2.05) is 30.3 Å². The largest absolute Gasteiger partial charge is 0.416 e. The molecule has 4 heteroatoms. The van der Waals surface area contributed by atoms with Gasteiger partial charge in [-0.3, -0.25) is 0 Å². The summed E-state index contributed by atoms with van der Waals surface area (Å²) in [6, 6.07) is 87.2. The summed E-state index contributed by atoms with van der Waals surface area (Å²) in [5.41, 5.74) is 21.9. The molecular formula is C68H47N3O. The molecule has 10 aromatic carbocycles. The second kappa shape index (κ2) is 18.5. The fourth-order valence-corrected chi connectivity index (χ4v) is 10.4. The van der Waals surface area contributed by atoms with Crippen LogP contribution in [-0.2, 0) is 0 Å². The van der Waals surface area contributed by atoms with E-state index in [4.69, 9.17) is 4.42 Å². The standard InChI is InChI=1S/C68H47N3O/c1-4-16-46(17-5-1)52-22-14-24-54(42-52)56-36-40-65-63(44-56)64-45-57(55-25-15-23-53(43-55)47-18-6-2-7-19-47)37-41-66(64)71(65)58-38-34-49(35-39-58)60-27-11-13-29-62(60)61-28-12-10-26-59(61)48-30-32-51(33-31-48)68-70-69-67(72-68)50-20-8-3-9-21-50/h1,3-6,8-45H,2,7H2. The van der Waals surface area contributed by atoms with Crippen molar-refractivity contribution in [3.63, 3.8) is 0 Å². The average molecular weight is 922 g/mol. The quantitative estimate of drug-likeness (QED) is 0.137.